The third-order valence-electron chi connectivity index (χ3n) is 13.0. The van der Waals surface area contributed by atoms with Crippen LogP contribution in [0.4, 0.5) is 5.82 Å². The number of aryl methyl sites for hydroxylation is 1. The molecule has 6 aromatic rings. The van der Waals surface area contributed by atoms with E-state index in [9.17, 15) is 19.8 Å². The van der Waals surface area contributed by atoms with E-state index in [0.29, 0.717) is 29.5 Å². The number of hydrogen-bond donors (Lipinski definition) is 4. The number of aromatic amines is 1. The number of aromatic hydroxyl groups is 1. The van der Waals surface area contributed by atoms with Crippen LogP contribution in [0.15, 0.2) is 70.7 Å². The maximum atomic E-state index is 14.3. The molecular weight excluding hydrogens is 791 g/mol. The summed E-state index contributed by atoms with van der Waals surface area (Å²) < 4.78 is 5.92. The lowest BCUT2D eigenvalue weighted by atomic mass is 9.91. The van der Waals surface area contributed by atoms with Gasteiger partial charge in [0.1, 0.15) is 17.7 Å². The lowest BCUT2D eigenvalue weighted by Crippen LogP contribution is -2.48. The highest BCUT2D eigenvalue weighted by Crippen LogP contribution is 2.39. The van der Waals surface area contributed by atoms with Gasteiger partial charge in [-0.1, -0.05) is 55.4 Å². The van der Waals surface area contributed by atoms with Crippen LogP contribution in [0, 0.1) is 18.8 Å². The van der Waals surface area contributed by atoms with Crippen molar-refractivity contribution in [2.45, 2.75) is 84.0 Å². The number of rotatable bonds is 11. The quantitative estimate of drug-likeness (QED) is 0.111. The number of aliphatic hydroxyl groups is 1. The summed E-state index contributed by atoms with van der Waals surface area (Å²) in [6.45, 7) is 12.2. The molecule has 2 amide bonds. The van der Waals surface area contributed by atoms with E-state index in [0.717, 1.165) is 84.0 Å². The second-order valence-corrected chi connectivity index (χ2v) is 18.1. The summed E-state index contributed by atoms with van der Waals surface area (Å²) in [4.78, 5) is 43.2. The fourth-order valence-electron chi connectivity index (χ4n) is 9.57. The normalized spacial score (nSPS) is 20.4. The molecule has 7 heterocycles. The van der Waals surface area contributed by atoms with Gasteiger partial charge in [0.25, 0.3) is 0 Å². The Kier molecular flexibility index (Phi) is 11.4. The van der Waals surface area contributed by atoms with Crippen molar-refractivity contribution in [2.75, 3.05) is 37.6 Å². The van der Waals surface area contributed by atoms with Gasteiger partial charge >= 0.3 is 0 Å². The summed E-state index contributed by atoms with van der Waals surface area (Å²) in [5.74, 6) is 0.572. The van der Waals surface area contributed by atoms with Crippen molar-refractivity contribution < 1.29 is 24.3 Å². The predicted molar refractivity (Wildman–Crippen MR) is 234 cm³/mol. The van der Waals surface area contributed by atoms with Gasteiger partial charge in [-0.05, 0) is 73.4 Å². The lowest BCUT2D eigenvalue weighted by molar-refractivity contribution is -0.141. The predicted octanol–water partition coefficient (Wildman–Crippen LogP) is 6.60. The van der Waals surface area contributed by atoms with Gasteiger partial charge in [0.05, 0.1) is 27.9 Å². The fraction of sp³-hybridized carbons (Fsp3) is 0.435. The van der Waals surface area contributed by atoms with E-state index in [4.69, 9.17) is 4.52 Å². The number of fused-ring (bicyclic) bond motifs is 3. The molecule has 0 saturated carbocycles. The SMILES string of the molecule is Cc1ncsc1-c1ccc(CNC(=O)[C@@H]2C[C@@H](O)CN2C(=O)[C@@H](c2cc(N3CCC(CN4CCc5[nH]c6nnc(-c7ccccc7O)cc6c5[C@@H]4C)CC3)no2)C(C)C)cc1. The number of nitrogens with zero attached hydrogens (tertiary/aromatic N) is 7. The molecule has 61 heavy (non-hydrogen) atoms. The number of hydrogen-bond acceptors (Lipinski definition) is 12. The number of H-pyrrole nitrogens is 1. The van der Waals surface area contributed by atoms with Gasteiger partial charge in [-0.2, -0.15) is 0 Å². The number of thiazole rings is 1. The topological polar surface area (TPSA) is 177 Å². The molecule has 14 nitrogen and oxygen atoms in total. The number of likely N-dealkylation sites (tertiary alicyclic amines) is 1. The number of nitrogens with one attached hydrogen (secondary N) is 2. The Balaban J connectivity index is 0.811. The Bertz CT molecular complexity index is 2520. The van der Waals surface area contributed by atoms with Crippen LogP contribution < -0.4 is 10.2 Å². The van der Waals surface area contributed by atoms with Crippen LogP contribution in [-0.4, -0.2) is 102 Å². The van der Waals surface area contributed by atoms with Gasteiger partial charge < -0.3 is 34.8 Å². The van der Waals surface area contributed by atoms with Crippen molar-refractivity contribution >= 4 is 40.0 Å². The van der Waals surface area contributed by atoms with Crippen molar-refractivity contribution in [1.29, 1.82) is 0 Å². The first-order chi connectivity index (χ1) is 29.5. The Morgan fingerprint density at radius 2 is 1.84 bits per heavy atom. The van der Waals surface area contributed by atoms with Crippen LogP contribution >= 0.6 is 11.3 Å². The second kappa shape index (κ2) is 17.0. The summed E-state index contributed by atoms with van der Waals surface area (Å²) in [5.41, 5.74) is 9.41. The molecule has 15 heteroatoms. The lowest BCUT2D eigenvalue weighted by Gasteiger charge is -2.39. The van der Waals surface area contributed by atoms with Crippen molar-refractivity contribution in [3.63, 3.8) is 0 Å². The average Bonchev–Trinajstić information content (AvgIpc) is 4.08. The number of phenols is 1. The zero-order valence-electron chi connectivity index (χ0n) is 35.0. The zero-order valence-corrected chi connectivity index (χ0v) is 35.9. The molecular formula is C46H53N9O5S. The van der Waals surface area contributed by atoms with Gasteiger partial charge in [-0.25, -0.2) is 4.98 Å². The minimum atomic E-state index is -0.796. The molecule has 9 rings (SSSR count). The number of β-amino-alcohol motifs (C(OH)–C–C–N with tert-alkyl or cyclic N) is 1. The first-order valence-electron chi connectivity index (χ1n) is 21.4. The van der Waals surface area contributed by atoms with E-state index in [1.807, 2.05) is 74.8 Å². The van der Waals surface area contributed by atoms with Crippen LogP contribution in [-0.2, 0) is 22.6 Å². The summed E-state index contributed by atoms with van der Waals surface area (Å²) >= 11 is 1.60. The third kappa shape index (κ3) is 8.13. The van der Waals surface area contributed by atoms with E-state index in [-0.39, 0.29) is 42.5 Å². The smallest absolute Gasteiger partial charge is 0.243 e. The van der Waals surface area contributed by atoms with Crippen molar-refractivity contribution in [1.82, 2.24) is 40.4 Å². The van der Waals surface area contributed by atoms with Crippen LogP contribution in [0.3, 0.4) is 0 Å². The molecule has 2 aromatic carbocycles. The van der Waals surface area contributed by atoms with E-state index in [1.54, 1.807) is 23.5 Å². The van der Waals surface area contributed by atoms with Crippen molar-refractivity contribution in [3.05, 3.63) is 94.4 Å². The third-order valence-corrected chi connectivity index (χ3v) is 13.9. The molecule has 4 atom stereocenters. The van der Waals surface area contributed by atoms with E-state index < -0.39 is 18.1 Å². The molecule has 4 aromatic heterocycles. The molecule has 2 saturated heterocycles. The number of aromatic nitrogens is 5. The van der Waals surface area contributed by atoms with Crippen LogP contribution in [0.5, 0.6) is 5.75 Å². The number of piperidine rings is 1. The molecule has 0 aliphatic carbocycles. The van der Waals surface area contributed by atoms with E-state index in [2.05, 4.69) is 47.4 Å². The number of carbonyl (C=O) groups is 2. The first kappa shape index (κ1) is 40.7. The largest absolute Gasteiger partial charge is 0.507 e. The fourth-order valence-corrected chi connectivity index (χ4v) is 10.4. The molecule has 0 bridgehead atoms. The molecule has 2 fully saturated rings. The zero-order chi connectivity index (χ0) is 42.4. The van der Waals surface area contributed by atoms with Crippen LogP contribution in [0.25, 0.3) is 32.7 Å². The number of amides is 2. The highest BCUT2D eigenvalue weighted by Gasteiger charge is 2.43. The van der Waals surface area contributed by atoms with Crippen molar-refractivity contribution in [2.24, 2.45) is 11.8 Å². The minimum Gasteiger partial charge on any atom is -0.507 e. The van der Waals surface area contributed by atoms with Crippen LogP contribution in [0.1, 0.15) is 80.3 Å². The molecule has 4 N–H and O–H groups in total. The number of anilines is 1. The summed E-state index contributed by atoms with van der Waals surface area (Å²) in [6, 6.07) is 18.6. The maximum absolute atomic E-state index is 14.3. The minimum absolute atomic E-state index is 0.0855. The highest BCUT2D eigenvalue weighted by atomic mass is 32.1. The molecule has 0 spiro atoms. The molecule has 318 valence electrons. The van der Waals surface area contributed by atoms with E-state index >= 15 is 0 Å². The molecule has 0 radical (unpaired) electrons. The Labute approximate surface area is 359 Å². The molecule has 0 unspecified atom stereocenters. The Hall–Kier alpha value is -5.64. The average molecular weight is 844 g/mol. The highest BCUT2D eigenvalue weighted by molar-refractivity contribution is 7.13. The molecule has 3 aliphatic heterocycles. The van der Waals surface area contributed by atoms with Crippen LogP contribution in [0.2, 0.25) is 0 Å². The Morgan fingerprint density at radius 1 is 1.05 bits per heavy atom. The number of carbonyl (C=O) groups excluding carboxylic acids is 2. The number of aliphatic hydroxyl groups excluding tert-OH is 1. The monoisotopic (exact) mass is 843 g/mol. The Morgan fingerprint density at radius 3 is 2.57 bits per heavy atom. The van der Waals surface area contributed by atoms with E-state index in [1.165, 1.54) is 16.2 Å². The maximum Gasteiger partial charge on any atom is 0.243 e. The van der Waals surface area contributed by atoms with Gasteiger partial charge in [-0.3, -0.25) is 14.5 Å². The number of phenolic OH excluding ortho intramolecular Hbond substituents is 1. The van der Waals surface area contributed by atoms with Gasteiger partial charge in [-0.15, -0.1) is 21.5 Å². The second-order valence-electron chi connectivity index (χ2n) is 17.3. The summed E-state index contributed by atoms with van der Waals surface area (Å²) in [5, 5.41) is 38.6. The first-order valence-corrected chi connectivity index (χ1v) is 22.3. The standard InChI is InChI=1S/C46H53N9O5S/c1-26(2)41(46(59)55-24-32(56)19-37(55)45(58)47-22-29-9-11-31(12-10-29)43-27(3)48-25-61-43)39-21-40(52-60-39)53-16-13-30(14-17-53)23-54-18-15-35-42(28(54)4)34-20-36(50-51-44(34)49-35)33-7-5-6-8-38(33)57/h5-12,20-21,25-26,28,30,32,37,41,56-57H,13-19,22-24H2,1-4H3,(H,47,58)(H,49,51)/t28-,32+,37-,41+/m0/s1. The van der Waals surface area contributed by atoms with Crippen molar-refractivity contribution in [3.8, 4) is 27.4 Å². The number of benzene rings is 2. The number of para-hydroxylation sites is 1. The molecule has 3 aliphatic rings. The summed E-state index contributed by atoms with van der Waals surface area (Å²) in [7, 11) is 0. The van der Waals surface area contributed by atoms with Gasteiger partial charge in [0, 0.05) is 80.9 Å². The van der Waals surface area contributed by atoms with Gasteiger partial charge in [0.15, 0.2) is 17.2 Å². The van der Waals surface area contributed by atoms with Gasteiger partial charge in [0.2, 0.25) is 11.8 Å². The summed E-state index contributed by atoms with van der Waals surface area (Å²) in [6.07, 6.45) is 2.29.